The Labute approximate surface area is 97.7 Å². The van der Waals surface area contributed by atoms with E-state index in [0.717, 1.165) is 4.90 Å². The number of para-hydroxylation sites is 1. The second kappa shape index (κ2) is 4.01. The molecular weight excluding hydrogens is 222 g/mol. The molecule has 2 rings (SSSR count). The van der Waals surface area contributed by atoms with E-state index in [-0.39, 0.29) is 35.4 Å². The number of carboxylic acid groups (broad SMARTS) is 1. The van der Waals surface area contributed by atoms with Crippen LogP contribution in [0.25, 0.3) is 0 Å². The number of hydrogen-bond donors (Lipinski definition) is 1. The minimum atomic E-state index is -1.15. The Morgan fingerprint density at radius 3 is 2.53 bits per heavy atom. The molecule has 0 bridgehead atoms. The second-order valence-electron chi connectivity index (χ2n) is 3.99. The highest BCUT2D eigenvalue weighted by Crippen LogP contribution is 2.28. The lowest BCUT2D eigenvalue weighted by Gasteiger charge is -2.16. The molecule has 1 heterocycles. The lowest BCUT2D eigenvalue weighted by Crippen LogP contribution is -2.31. The highest BCUT2D eigenvalue weighted by Gasteiger charge is 2.38. The first-order valence-electron chi connectivity index (χ1n) is 5.21. The molecule has 5 nitrogen and oxygen atoms in total. The van der Waals surface area contributed by atoms with Gasteiger partial charge in [0.15, 0.2) is 0 Å². The van der Waals surface area contributed by atoms with Gasteiger partial charge in [0.05, 0.1) is 11.3 Å². The zero-order valence-corrected chi connectivity index (χ0v) is 9.21. The van der Waals surface area contributed by atoms with Crippen molar-refractivity contribution >= 4 is 23.5 Å². The number of anilines is 1. The molecule has 1 saturated heterocycles. The molecule has 1 aromatic rings. The van der Waals surface area contributed by atoms with Gasteiger partial charge in [0, 0.05) is 12.3 Å². The van der Waals surface area contributed by atoms with Gasteiger partial charge >= 0.3 is 5.97 Å². The molecule has 0 aliphatic carbocycles. The Morgan fingerprint density at radius 1 is 1.35 bits per heavy atom. The number of imide groups is 1. The van der Waals surface area contributed by atoms with E-state index in [1.165, 1.54) is 12.1 Å². The molecule has 0 radical (unpaired) electrons. The van der Waals surface area contributed by atoms with Crippen molar-refractivity contribution in [2.75, 3.05) is 4.90 Å². The normalized spacial score (nSPS) is 19.8. The van der Waals surface area contributed by atoms with Crippen molar-refractivity contribution in [2.45, 2.75) is 13.3 Å². The molecule has 1 fully saturated rings. The summed E-state index contributed by atoms with van der Waals surface area (Å²) in [4.78, 5) is 35.5. The molecule has 5 heteroatoms. The van der Waals surface area contributed by atoms with Gasteiger partial charge in [-0.05, 0) is 12.1 Å². The average Bonchev–Trinajstić information content (AvgIpc) is 2.53. The molecule has 1 unspecified atom stereocenters. The van der Waals surface area contributed by atoms with Gasteiger partial charge in [-0.15, -0.1) is 0 Å². The van der Waals surface area contributed by atoms with Crippen molar-refractivity contribution < 1.29 is 19.5 Å². The monoisotopic (exact) mass is 233 g/mol. The van der Waals surface area contributed by atoms with Gasteiger partial charge in [0.25, 0.3) is 0 Å². The summed E-state index contributed by atoms with van der Waals surface area (Å²) in [5.41, 5.74) is 0.114. The molecular formula is C12H11NO4. The van der Waals surface area contributed by atoms with E-state index in [1.54, 1.807) is 19.1 Å². The summed E-state index contributed by atoms with van der Waals surface area (Å²) in [5.74, 6) is -2.23. The lowest BCUT2D eigenvalue weighted by molar-refractivity contribution is -0.122. The summed E-state index contributed by atoms with van der Waals surface area (Å²) >= 11 is 0. The van der Waals surface area contributed by atoms with Gasteiger partial charge < -0.3 is 5.11 Å². The zero-order chi connectivity index (χ0) is 12.6. The minimum absolute atomic E-state index is 0.0386. The predicted molar refractivity (Wildman–Crippen MR) is 59.7 cm³/mol. The summed E-state index contributed by atoms with van der Waals surface area (Å²) in [6.45, 7) is 1.66. The highest BCUT2D eigenvalue weighted by atomic mass is 16.4. The van der Waals surface area contributed by atoms with Crippen molar-refractivity contribution in [3.63, 3.8) is 0 Å². The van der Waals surface area contributed by atoms with Crippen LogP contribution in [0.5, 0.6) is 0 Å². The molecule has 1 aromatic carbocycles. The molecule has 88 valence electrons. The van der Waals surface area contributed by atoms with Crippen molar-refractivity contribution in [3.05, 3.63) is 29.8 Å². The Balaban J connectivity index is 2.51. The number of amides is 2. The summed E-state index contributed by atoms with van der Waals surface area (Å²) in [6.07, 6.45) is 0.132. The predicted octanol–water partition coefficient (Wildman–Crippen LogP) is 1.28. The third-order valence-electron chi connectivity index (χ3n) is 2.75. The lowest BCUT2D eigenvalue weighted by atomic mass is 10.1. The summed E-state index contributed by atoms with van der Waals surface area (Å²) < 4.78 is 0. The van der Waals surface area contributed by atoms with Crippen molar-refractivity contribution in [2.24, 2.45) is 5.92 Å². The van der Waals surface area contributed by atoms with E-state index in [1.807, 2.05) is 0 Å². The summed E-state index contributed by atoms with van der Waals surface area (Å²) in [7, 11) is 0. The molecule has 0 spiro atoms. The maximum Gasteiger partial charge on any atom is 0.337 e. The van der Waals surface area contributed by atoms with Crippen LogP contribution in [0.4, 0.5) is 5.69 Å². The van der Waals surface area contributed by atoms with E-state index in [9.17, 15) is 14.4 Å². The van der Waals surface area contributed by atoms with Crippen LogP contribution in [-0.4, -0.2) is 22.9 Å². The first-order valence-corrected chi connectivity index (χ1v) is 5.21. The number of carboxylic acids is 1. The van der Waals surface area contributed by atoms with Crippen LogP contribution in [-0.2, 0) is 9.59 Å². The van der Waals surface area contributed by atoms with E-state index in [0.29, 0.717) is 0 Å². The van der Waals surface area contributed by atoms with Gasteiger partial charge in [0.2, 0.25) is 11.8 Å². The van der Waals surface area contributed by atoms with Crippen LogP contribution >= 0.6 is 0 Å². The van der Waals surface area contributed by atoms with E-state index in [2.05, 4.69) is 0 Å². The molecule has 1 N–H and O–H groups in total. The van der Waals surface area contributed by atoms with Crippen LogP contribution in [0.3, 0.4) is 0 Å². The largest absolute Gasteiger partial charge is 0.478 e. The van der Waals surface area contributed by atoms with Crippen molar-refractivity contribution in [3.8, 4) is 0 Å². The average molecular weight is 233 g/mol. The molecule has 17 heavy (non-hydrogen) atoms. The van der Waals surface area contributed by atoms with Crippen molar-refractivity contribution in [1.82, 2.24) is 0 Å². The smallest absolute Gasteiger partial charge is 0.337 e. The zero-order valence-electron chi connectivity index (χ0n) is 9.21. The number of hydrogen-bond acceptors (Lipinski definition) is 3. The molecule has 0 saturated carbocycles. The van der Waals surface area contributed by atoms with Crippen LogP contribution in [0, 0.1) is 5.92 Å². The van der Waals surface area contributed by atoms with Crippen molar-refractivity contribution in [1.29, 1.82) is 0 Å². The van der Waals surface area contributed by atoms with Gasteiger partial charge in [-0.3, -0.25) is 9.59 Å². The van der Waals surface area contributed by atoms with Crippen LogP contribution in [0.2, 0.25) is 0 Å². The first-order chi connectivity index (χ1) is 8.02. The summed E-state index contributed by atoms with van der Waals surface area (Å²) in [5, 5.41) is 9.02. The summed E-state index contributed by atoms with van der Waals surface area (Å²) in [6, 6.07) is 6.01. The number of carbonyl (C=O) groups is 3. The number of rotatable bonds is 2. The number of carbonyl (C=O) groups excluding carboxylic acids is 2. The molecule has 2 amide bonds. The standard InChI is InChI=1S/C12H11NO4/c1-7-6-10(14)13(11(7)15)9-5-3-2-4-8(9)12(16)17/h2-5,7H,6H2,1H3,(H,16,17). The topological polar surface area (TPSA) is 74.7 Å². The van der Waals surface area contributed by atoms with Crippen LogP contribution < -0.4 is 4.90 Å². The Morgan fingerprint density at radius 2 is 2.00 bits per heavy atom. The highest BCUT2D eigenvalue weighted by molar-refractivity contribution is 6.22. The number of benzene rings is 1. The maximum atomic E-state index is 11.8. The van der Waals surface area contributed by atoms with Gasteiger partial charge in [-0.1, -0.05) is 19.1 Å². The Bertz CT molecular complexity index is 509. The Hall–Kier alpha value is -2.17. The fraction of sp³-hybridized carbons (Fsp3) is 0.250. The van der Waals surface area contributed by atoms with E-state index < -0.39 is 5.97 Å². The van der Waals surface area contributed by atoms with Crippen LogP contribution in [0.15, 0.2) is 24.3 Å². The van der Waals surface area contributed by atoms with Gasteiger partial charge in [-0.25, -0.2) is 9.69 Å². The maximum absolute atomic E-state index is 11.8. The number of nitrogens with zero attached hydrogens (tertiary/aromatic N) is 1. The van der Waals surface area contributed by atoms with E-state index >= 15 is 0 Å². The molecule has 1 atom stereocenters. The molecule has 1 aliphatic rings. The fourth-order valence-corrected chi connectivity index (χ4v) is 1.89. The van der Waals surface area contributed by atoms with Crippen LogP contribution in [0.1, 0.15) is 23.7 Å². The minimum Gasteiger partial charge on any atom is -0.478 e. The third kappa shape index (κ3) is 1.80. The van der Waals surface area contributed by atoms with E-state index in [4.69, 9.17) is 5.11 Å². The molecule has 1 aliphatic heterocycles. The van der Waals surface area contributed by atoms with Gasteiger partial charge in [0.1, 0.15) is 0 Å². The first kappa shape index (κ1) is 11.3. The van der Waals surface area contributed by atoms with Gasteiger partial charge in [-0.2, -0.15) is 0 Å². The quantitative estimate of drug-likeness (QED) is 0.781. The fourth-order valence-electron chi connectivity index (χ4n) is 1.89. The Kier molecular flexibility index (Phi) is 2.67. The number of aromatic carboxylic acids is 1. The second-order valence-corrected chi connectivity index (χ2v) is 3.99. The SMILES string of the molecule is CC1CC(=O)N(c2ccccc2C(=O)O)C1=O. The third-order valence-corrected chi connectivity index (χ3v) is 2.75. The molecule has 0 aromatic heterocycles.